The Kier molecular flexibility index (Phi) is 4.82. The Bertz CT molecular complexity index is 448. The summed E-state index contributed by atoms with van der Waals surface area (Å²) in [6, 6.07) is 2.96. The molecule has 20 heavy (non-hydrogen) atoms. The van der Waals surface area contributed by atoms with Gasteiger partial charge in [-0.2, -0.15) is 0 Å². The molecule has 0 spiro atoms. The Morgan fingerprint density at radius 1 is 1.30 bits per heavy atom. The van der Waals surface area contributed by atoms with E-state index in [-0.39, 0.29) is 29.5 Å². The second-order valence-corrected chi connectivity index (χ2v) is 5.66. The van der Waals surface area contributed by atoms with Crippen LogP contribution in [0.2, 0.25) is 0 Å². The Hall–Kier alpha value is -1.78. The molecule has 1 aromatic heterocycles. The van der Waals surface area contributed by atoms with Gasteiger partial charge in [0.25, 0.3) is 5.91 Å². The second kappa shape index (κ2) is 6.59. The summed E-state index contributed by atoms with van der Waals surface area (Å²) >= 11 is 0. The maximum Gasteiger partial charge on any atom is 0.287 e. The molecule has 1 aliphatic carbocycles. The highest BCUT2D eigenvalue weighted by Gasteiger charge is 2.28. The summed E-state index contributed by atoms with van der Waals surface area (Å²) in [5.74, 6) is -0.207. The normalized spacial score (nSPS) is 17.1. The fourth-order valence-corrected chi connectivity index (χ4v) is 2.52. The Labute approximate surface area is 119 Å². The molecule has 5 nitrogen and oxygen atoms in total. The molecule has 2 rings (SSSR count). The van der Waals surface area contributed by atoms with Gasteiger partial charge in [0.15, 0.2) is 5.76 Å². The topological polar surface area (TPSA) is 71.3 Å². The van der Waals surface area contributed by atoms with E-state index in [1.165, 1.54) is 6.26 Å². The van der Waals surface area contributed by atoms with Crippen molar-refractivity contribution in [3.05, 3.63) is 24.2 Å². The number of hydrogen-bond donors (Lipinski definition) is 2. The molecule has 0 aliphatic heterocycles. The van der Waals surface area contributed by atoms with Crippen LogP contribution < -0.4 is 10.6 Å². The Morgan fingerprint density at radius 2 is 2.00 bits per heavy atom. The van der Waals surface area contributed by atoms with Crippen LogP contribution in [0.3, 0.4) is 0 Å². The fourth-order valence-electron chi connectivity index (χ4n) is 2.52. The van der Waals surface area contributed by atoms with Crippen molar-refractivity contribution in [1.29, 1.82) is 0 Å². The minimum atomic E-state index is -0.534. The molecule has 1 fully saturated rings. The monoisotopic (exact) mass is 278 g/mol. The van der Waals surface area contributed by atoms with Crippen LogP contribution in [-0.4, -0.2) is 23.9 Å². The molecular formula is C15H22N2O3. The summed E-state index contributed by atoms with van der Waals surface area (Å²) in [5, 5.41) is 5.77. The first-order chi connectivity index (χ1) is 9.58. The maximum absolute atomic E-state index is 12.3. The molecule has 0 unspecified atom stereocenters. The van der Waals surface area contributed by atoms with Crippen molar-refractivity contribution in [3.63, 3.8) is 0 Å². The van der Waals surface area contributed by atoms with E-state index in [9.17, 15) is 9.59 Å². The summed E-state index contributed by atoms with van der Waals surface area (Å²) in [4.78, 5) is 24.3. The lowest BCUT2D eigenvalue weighted by molar-refractivity contribution is -0.124. The summed E-state index contributed by atoms with van der Waals surface area (Å²) in [5.41, 5.74) is 0. The van der Waals surface area contributed by atoms with Gasteiger partial charge in [-0.05, 0) is 30.9 Å². The molecule has 110 valence electrons. The van der Waals surface area contributed by atoms with E-state index in [0.717, 1.165) is 25.7 Å². The summed E-state index contributed by atoms with van der Waals surface area (Å²) in [7, 11) is 0. The quantitative estimate of drug-likeness (QED) is 0.866. The Balaban J connectivity index is 1.95. The lowest BCUT2D eigenvalue weighted by atomic mass is 10.0. The van der Waals surface area contributed by atoms with Crippen LogP contribution in [0.15, 0.2) is 22.8 Å². The number of rotatable bonds is 5. The second-order valence-electron chi connectivity index (χ2n) is 5.66. The first-order valence-electron chi connectivity index (χ1n) is 7.22. The minimum Gasteiger partial charge on any atom is -0.459 e. The van der Waals surface area contributed by atoms with Gasteiger partial charge < -0.3 is 15.1 Å². The molecule has 2 N–H and O–H groups in total. The van der Waals surface area contributed by atoms with E-state index in [0.29, 0.717) is 0 Å². The van der Waals surface area contributed by atoms with Gasteiger partial charge in [0.05, 0.1) is 6.26 Å². The zero-order valence-corrected chi connectivity index (χ0v) is 12.0. The zero-order chi connectivity index (χ0) is 14.5. The van der Waals surface area contributed by atoms with E-state index in [2.05, 4.69) is 10.6 Å². The molecule has 2 amide bonds. The average molecular weight is 278 g/mol. The largest absolute Gasteiger partial charge is 0.459 e. The molecule has 1 atom stereocenters. The van der Waals surface area contributed by atoms with Crippen molar-refractivity contribution in [2.75, 3.05) is 0 Å². The van der Waals surface area contributed by atoms with Gasteiger partial charge in [0, 0.05) is 6.04 Å². The molecule has 1 aliphatic rings. The predicted molar refractivity (Wildman–Crippen MR) is 75.2 cm³/mol. The van der Waals surface area contributed by atoms with Crippen molar-refractivity contribution < 1.29 is 14.0 Å². The third kappa shape index (κ3) is 3.62. The van der Waals surface area contributed by atoms with Crippen LogP contribution >= 0.6 is 0 Å². The van der Waals surface area contributed by atoms with Crippen molar-refractivity contribution in [3.8, 4) is 0 Å². The van der Waals surface area contributed by atoms with Gasteiger partial charge >= 0.3 is 0 Å². The lowest BCUT2D eigenvalue weighted by Crippen LogP contribution is -2.51. The molecule has 0 aromatic carbocycles. The van der Waals surface area contributed by atoms with Crippen molar-refractivity contribution in [2.45, 2.75) is 51.6 Å². The van der Waals surface area contributed by atoms with Gasteiger partial charge in [-0.1, -0.05) is 26.7 Å². The van der Waals surface area contributed by atoms with Crippen LogP contribution in [0, 0.1) is 5.92 Å². The van der Waals surface area contributed by atoms with Crippen LogP contribution in [0.1, 0.15) is 50.1 Å². The highest BCUT2D eigenvalue weighted by Crippen LogP contribution is 2.18. The number of amides is 2. The van der Waals surface area contributed by atoms with Crippen LogP contribution in [0.5, 0.6) is 0 Å². The molecule has 1 heterocycles. The summed E-state index contributed by atoms with van der Waals surface area (Å²) in [6.45, 7) is 3.84. The molecular weight excluding hydrogens is 256 g/mol. The zero-order valence-electron chi connectivity index (χ0n) is 12.0. The predicted octanol–water partition coefficient (Wildman–Crippen LogP) is 2.09. The van der Waals surface area contributed by atoms with Gasteiger partial charge in [-0.25, -0.2) is 0 Å². The Morgan fingerprint density at radius 3 is 2.55 bits per heavy atom. The maximum atomic E-state index is 12.3. The fraction of sp³-hybridized carbons (Fsp3) is 0.600. The highest BCUT2D eigenvalue weighted by atomic mass is 16.3. The first-order valence-corrected chi connectivity index (χ1v) is 7.22. The number of carbonyl (C=O) groups is 2. The number of nitrogens with one attached hydrogen (secondary N) is 2. The van der Waals surface area contributed by atoms with Crippen LogP contribution in [0.4, 0.5) is 0 Å². The number of hydrogen-bond acceptors (Lipinski definition) is 3. The molecule has 1 aromatic rings. The van der Waals surface area contributed by atoms with Gasteiger partial charge in [0.1, 0.15) is 6.04 Å². The van der Waals surface area contributed by atoms with Crippen LogP contribution in [0.25, 0.3) is 0 Å². The standard InChI is InChI=1S/C15H22N2O3/c1-10(2)13(15(19)16-11-6-3-4-7-11)17-14(18)12-8-5-9-20-12/h5,8-11,13H,3-4,6-7H2,1-2H3,(H,16,19)(H,17,18)/t13-/m0/s1. The van der Waals surface area contributed by atoms with E-state index in [4.69, 9.17) is 4.42 Å². The SMILES string of the molecule is CC(C)[C@H](NC(=O)c1ccco1)C(=O)NC1CCCC1. The smallest absolute Gasteiger partial charge is 0.287 e. The molecule has 0 saturated heterocycles. The van der Waals surface area contributed by atoms with E-state index >= 15 is 0 Å². The van der Waals surface area contributed by atoms with E-state index < -0.39 is 6.04 Å². The highest BCUT2D eigenvalue weighted by molar-refractivity contribution is 5.95. The third-order valence-electron chi connectivity index (χ3n) is 3.68. The summed E-state index contributed by atoms with van der Waals surface area (Å²) in [6.07, 6.45) is 5.83. The number of carbonyl (C=O) groups excluding carboxylic acids is 2. The van der Waals surface area contributed by atoms with Gasteiger partial charge in [-0.3, -0.25) is 9.59 Å². The minimum absolute atomic E-state index is 0.0234. The molecule has 0 bridgehead atoms. The molecule has 1 saturated carbocycles. The molecule has 0 radical (unpaired) electrons. The van der Waals surface area contributed by atoms with E-state index in [1.807, 2.05) is 13.8 Å². The van der Waals surface area contributed by atoms with Crippen molar-refractivity contribution in [1.82, 2.24) is 10.6 Å². The van der Waals surface area contributed by atoms with Crippen molar-refractivity contribution in [2.24, 2.45) is 5.92 Å². The van der Waals surface area contributed by atoms with Gasteiger partial charge in [-0.15, -0.1) is 0 Å². The van der Waals surface area contributed by atoms with Crippen LogP contribution in [-0.2, 0) is 4.79 Å². The molecule has 5 heteroatoms. The lowest BCUT2D eigenvalue weighted by Gasteiger charge is -2.23. The average Bonchev–Trinajstić information content (AvgIpc) is 3.07. The number of furan rings is 1. The van der Waals surface area contributed by atoms with Crippen molar-refractivity contribution >= 4 is 11.8 Å². The first kappa shape index (κ1) is 14.6. The van der Waals surface area contributed by atoms with Gasteiger partial charge in [0.2, 0.25) is 5.91 Å². The van der Waals surface area contributed by atoms with E-state index in [1.54, 1.807) is 12.1 Å². The third-order valence-corrected chi connectivity index (χ3v) is 3.68. The summed E-state index contributed by atoms with van der Waals surface area (Å²) < 4.78 is 5.05.